The number of aromatic nitrogens is 2. The molecule has 150 valence electrons. The quantitative estimate of drug-likeness (QED) is 0.449. The average Bonchev–Trinajstić information content (AvgIpc) is 3.20. The van der Waals surface area contributed by atoms with Gasteiger partial charge in [0.1, 0.15) is 5.82 Å². The summed E-state index contributed by atoms with van der Waals surface area (Å²) >= 11 is 1.15. The monoisotopic (exact) mass is 413 g/mol. The molecule has 0 saturated heterocycles. The Hall–Kier alpha value is -3.13. The molecule has 2 aromatic carbocycles. The van der Waals surface area contributed by atoms with E-state index in [-0.39, 0.29) is 18.2 Å². The number of carbonyl (C=O) groups is 2. The number of hydrogen-bond acceptors (Lipinski definition) is 5. The molecule has 1 heterocycles. The van der Waals surface area contributed by atoms with Crippen LogP contribution >= 0.6 is 11.8 Å². The third-order valence-electron chi connectivity index (χ3n) is 4.02. The molecule has 0 aliphatic heterocycles. The molecule has 0 aliphatic carbocycles. The Balaban J connectivity index is 1.47. The van der Waals surface area contributed by atoms with E-state index in [0.717, 1.165) is 18.2 Å². The van der Waals surface area contributed by atoms with E-state index in [1.165, 1.54) is 17.7 Å². The maximum absolute atomic E-state index is 13.4. The molecule has 0 fully saturated rings. The molecule has 0 aliphatic rings. The van der Waals surface area contributed by atoms with Crippen molar-refractivity contribution in [3.8, 4) is 5.69 Å². The summed E-state index contributed by atoms with van der Waals surface area (Å²) in [6.45, 7) is 1.68. The summed E-state index contributed by atoms with van der Waals surface area (Å²) in [4.78, 5) is 28.1. The Morgan fingerprint density at radius 3 is 2.72 bits per heavy atom. The molecule has 8 heteroatoms. The number of hydrogen-bond donors (Lipinski definition) is 1. The van der Waals surface area contributed by atoms with Crippen LogP contribution in [-0.4, -0.2) is 33.8 Å². The van der Waals surface area contributed by atoms with Crippen molar-refractivity contribution >= 4 is 29.3 Å². The molecule has 0 radical (unpaired) electrons. The molecule has 6 nitrogen and oxygen atoms in total. The molecule has 0 spiro atoms. The smallest absolute Gasteiger partial charge is 0.316 e. The van der Waals surface area contributed by atoms with Crippen molar-refractivity contribution < 1.29 is 18.7 Å². The van der Waals surface area contributed by atoms with Crippen LogP contribution in [-0.2, 0) is 20.7 Å². The number of halogens is 1. The highest BCUT2D eigenvalue weighted by atomic mass is 32.2. The van der Waals surface area contributed by atoms with Crippen LogP contribution in [0.4, 0.5) is 10.1 Å². The minimum Gasteiger partial charge on any atom is -0.455 e. The maximum atomic E-state index is 13.4. The van der Waals surface area contributed by atoms with E-state index in [0.29, 0.717) is 16.5 Å². The Labute approximate surface area is 172 Å². The predicted molar refractivity (Wildman–Crippen MR) is 110 cm³/mol. The normalized spacial score (nSPS) is 10.6. The summed E-state index contributed by atoms with van der Waals surface area (Å²) in [5, 5.41) is 3.20. The first kappa shape index (κ1) is 20.6. The van der Waals surface area contributed by atoms with Gasteiger partial charge in [-0.05, 0) is 42.3 Å². The highest BCUT2D eigenvalue weighted by Gasteiger charge is 2.12. The molecule has 0 unspecified atom stereocenters. The second kappa shape index (κ2) is 9.88. The molecule has 29 heavy (non-hydrogen) atoms. The first-order valence-electron chi connectivity index (χ1n) is 9.01. The maximum Gasteiger partial charge on any atom is 0.316 e. The number of rotatable bonds is 8. The molecular weight excluding hydrogens is 393 g/mol. The van der Waals surface area contributed by atoms with Gasteiger partial charge in [0.2, 0.25) is 0 Å². The van der Waals surface area contributed by atoms with E-state index in [4.69, 9.17) is 4.74 Å². The van der Waals surface area contributed by atoms with Crippen LogP contribution < -0.4 is 5.32 Å². The van der Waals surface area contributed by atoms with Crippen LogP contribution in [0, 0.1) is 5.82 Å². The Morgan fingerprint density at radius 2 is 2.00 bits per heavy atom. The zero-order valence-electron chi connectivity index (χ0n) is 15.8. The molecular formula is C21H20FN3O3S. The third kappa shape index (κ3) is 5.92. The van der Waals surface area contributed by atoms with Gasteiger partial charge in [-0.3, -0.25) is 14.2 Å². The number of amides is 1. The van der Waals surface area contributed by atoms with Gasteiger partial charge in [0.15, 0.2) is 11.8 Å². The van der Waals surface area contributed by atoms with Gasteiger partial charge in [-0.1, -0.05) is 36.9 Å². The third-order valence-corrected chi connectivity index (χ3v) is 4.96. The minimum atomic E-state index is -0.541. The molecule has 1 N–H and O–H groups in total. The molecule has 3 rings (SSSR count). The fourth-order valence-corrected chi connectivity index (χ4v) is 3.32. The van der Waals surface area contributed by atoms with Crippen molar-refractivity contribution in [2.45, 2.75) is 18.5 Å². The first-order valence-corrected chi connectivity index (χ1v) is 10.00. The lowest BCUT2D eigenvalue weighted by atomic mass is 10.1. The molecule has 3 aromatic rings. The zero-order chi connectivity index (χ0) is 20.6. The van der Waals surface area contributed by atoms with Crippen LogP contribution in [0.2, 0.25) is 0 Å². The molecule has 0 saturated carbocycles. The van der Waals surface area contributed by atoms with E-state index in [9.17, 15) is 14.0 Å². The number of anilines is 1. The van der Waals surface area contributed by atoms with Crippen molar-refractivity contribution in [3.63, 3.8) is 0 Å². The van der Waals surface area contributed by atoms with Crippen LogP contribution in [0.5, 0.6) is 0 Å². The van der Waals surface area contributed by atoms with E-state index >= 15 is 0 Å². The van der Waals surface area contributed by atoms with E-state index in [1.54, 1.807) is 41.2 Å². The number of nitrogens with one attached hydrogen (secondary N) is 1. The standard InChI is InChI=1S/C21H20FN3O3S/c1-2-15-6-8-17(9-7-15)24-19(26)13-28-20(27)14-29-21-23-10-11-25(21)18-5-3-4-16(22)12-18/h3-12H,2,13-14H2,1H3,(H,24,26). The van der Waals surface area contributed by atoms with Gasteiger partial charge < -0.3 is 10.1 Å². The van der Waals surface area contributed by atoms with Crippen LogP contribution in [0.25, 0.3) is 5.69 Å². The highest BCUT2D eigenvalue weighted by molar-refractivity contribution is 7.99. The average molecular weight is 413 g/mol. The summed E-state index contributed by atoms with van der Waals surface area (Å²) in [5.74, 6) is -1.33. The van der Waals surface area contributed by atoms with Gasteiger partial charge in [0, 0.05) is 18.1 Å². The molecule has 1 aromatic heterocycles. The summed E-state index contributed by atoms with van der Waals surface area (Å²) < 4.78 is 20.1. The van der Waals surface area contributed by atoms with Gasteiger partial charge in [0.05, 0.1) is 11.4 Å². The Kier molecular flexibility index (Phi) is 7.02. The number of carbonyl (C=O) groups excluding carboxylic acids is 2. The molecule has 1 amide bonds. The van der Waals surface area contributed by atoms with Crippen molar-refractivity contribution in [2.75, 3.05) is 17.7 Å². The van der Waals surface area contributed by atoms with Gasteiger partial charge in [-0.25, -0.2) is 9.37 Å². The van der Waals surface area contributed by atoms with Crippen molar-refractivity contribution in [3.05, 3.63) is 72.3 Å². The summed E-state index contributed by atoms with van der Waals surface area (Å²) in [6, 6.07) is 13.5. The van der Waals surface area contributed by atoms with Crippen LogP contribution in [0.15, 0.2) is 66.1 Å². The van der Waals surface area contributed by atoms with Crippen LogP contribution in [0.1, 0.15) is 12.5 Å². The van der Waals surface area contributed by atoms with Crippen LogP contribution in [0.3, 0.4) is 0 Å². The number of esters is 1. The Bertz CT molecular complexity index is 989. The van der Waals surface area contributed by atoms with Gasteiger partial charge in [-0.2, -0.15) is 0 Å². The summed E-state index contributed by atoms with van der Waals surface area (Å²) in [6.07, 6.45) is 4.16. The van der Waals surface area contributed by atoms with E-state index in [1.807, 2.05) is 12.1 Å². The second-order valence-corrected chi connectivity index (χ2v) is 7.05. The van der Waals surface area contributed by atoms with Crippen molar-refractivity contribution in [1.82, 2.24) is 9.55 Å². The number of aryl methyl sites for hydroxylation is 1. The zero-order valence-corrected chi connectivity index (χ0v) is 16.6. The fraction of sp³-hybridized carbons (Fsp3) is 0.190. The van der Waals surface area contributed by atoms with E-state index < -0.39 is 11.9 Å². The SMILES string of the molecule is CCc1ccc(NC(=O)COC(=O)CSc2nccn2-c2cccc(F)c2)cc1. The van der Waals surface area contributed by atoms with Crippen molar-refractivity contribution in [1.29, 1.82) is 0 Å². The van der Waals surface area contributed by atoms with Gasteiger partial charge >= 0.3 is 5.97 Å². The fourth-order valence-electron chi connectivity index (χ4n) is 2.55. The number of ether oxygens (including phenoxy) is 1. The number of imidazole rings is 1. The largest absolute Gasteiger partial charge is 0.455 e. The first-order chi connectivity index (χ1) is 14.0. The predicted octanol–water partition coefficient (Wildman–Crippen LogP) is 3.85. The second-order valence-electron chi connectivity index (χ2n) is 6.11. The molecule has 0 bridgehead atoms. The van der Waals surface area contributed by atoms with Crippen molar-refractivity contribution in [2.24, 2.45) is 0 Å². The lowest BCUT2D eigenvalue weighted by molar-refractivity contribution is -0.144. The number of thioether (sulfide) groups is 1. The summed E-state index contributed by atoms with van der Waals surface area (Å²) in [5.41, 5.74) is 2.42. The number of nitrogens with zero attached hydrogens (tertiary/aromatic N) is 2. The topological polar surface area (TPSA) is 73.2 Å². The van der Waals surface area contributed by atoms with E-state index in [2.05, 4.69) is 17.2 Å². The number of benzene rings is 2. The minimum absolute atomic E-state index is 0.0230. The van der Waals surface area contributed by atoms with Gasteiger partial charge in [-0.15, -0.1) is 0 Å². The lowest BCUT2D eigenvalue weighted by Gasteiger charge is -2.08. The highest BCUT2D eigenvalue weighted by Crippen LogP contribution is 2.21. The van der Waals surface area contributed by atoms with Gasteiger partial charge in [0.25, 0.3) is 5.91 Å². The summed E-state index contributed by atoms with van der Waals surface area (Å²) in [7, 11) is 0. The molecule has 0 atom stereocenters. The Morgan fingerprint density at radius 1 is 1.21 bits per heavy atom. The lowest BCUT2D eigenvalue weighted by Crippen LogP contribution is -2.21.